The largest absolute Gasteiger partial charge is 0.343 e. The summed E-state index contributed by atoms with van der Waals surface area (Å²) in [5.41, 5.74) is 1.22. The minimum atomic E-state index is -0.105. The third-order valence-electron chi connectivity index (χ3n) is 3.40. The fourth-order valence-corrected chi connectivity index (χ4v) is 2.46. The first kappa shape index (κ1) is 11.2. The fourth-order valence-electron chi connectivity index (χ4n) is 2.46. The molecule has 0 saturated carbocycles. The SMILES string of the molecule is O=c1ccn2c(=O)cc(C3CCCCN3)[nH]c2c1. The van der Waals surface area contributed by atoms with E-state index in [1.165, 1.54) is 29.2 Å². The lowest BCUT2D eigenvalue weighted by atomic mass is 10.0. The lowest BCUT2D eigenvalue weighted by Gasteiger charge is -2.23. The van der Waals surface area contributed by atoms with Gasteiger partial charge in [-0.1, -0.05) is 6.42 Å². The first-order valence-corrected chi connectivity index (χ1v) is 6.23. The second-order valence-corrected chi connectivity index (χ2v) is 4.68. The summed E-state index contributed by atoms with van der Waals surface area (Å²) in [5, 5.41) is 3.38. The Morgan fingerprint density at radius 3 is 2.89 bits per heavy atom. The molecule has 1 unspecified atom stereocenters. The zero-order valence-electron chi connectivity index (χ0n) is 9.98. The van der Waals surface area contributed by atoms with E-state index >= 15 is 0 Å². The molecule has 0 spiro atoms. The van der Waals surface area contributed by atoms with Crippen LogP contribution in [0.5, 0.6) is 0 Å². The second kappa shape index (κ2) is 4.42. The van der Waals surface area contributed by atoms with E-state index in [2.05, 4.69) is 10.3 Å². The molecule has 1 aliphatic heterocycles. The van der Waals surface area contributed by atoms with Crippen molar-refractivity contribution in [2.75, 3.05) is 6.54 Å². The summed E-state index contributed by atoms with van der Waals surface area (Å²) in [5.74, 6) is 0. The Labute approximate surface area is 103 Å². The Morgan fingerprint density at radius 1 is 1.22 bits per heavy atom. The summed E-state index contributed by atoms with van der Waals surface area (Å²) in [7, 11) is 0. The molecule has 5 heteroatoms. The molecule has 18 heavy (non-hydrogen) atoms. The van der Waals surface area contributed by atoms with Gasteiger partial charge in [0, 0.05) is 36.1 Å². The molecule has 0 amide bonds. The van der Waals surface area contributed by atoms with Gasteiger partial charge in [-0.3, -0.25) is 14.0 Å². The maximum absolute atomic E-state index is 12.0. The van der Waals surface area contributed by atoms with Crippen LogP contribution in [0.2, 0.25) is 0 Å². The number of fused-ring (bicyclic) bond motifs is 1. The van der Waals surface area contributed by atoms with Crippen LogP contribution in [0.15, 0.2) is 34.0 Å². The van der Waals surface area contributed by atoms with Gasteiger partial charge in [0.05, 0.1) is 0 Å². The van der Waals surface area contributed by atoms with Crippen molar-refractivity contribution in [2.45, 2.75) is 25.3 Å². The molecule has 5 nitrogen and oxygen atoms in total. The number of rotatable bonds is 1. The standard InChI is InChI=1S/C13H15N3O2/c17-9-4-6-16-12(7-9)15-11(8-13(16)18)10-3-1-2-5-14-10/h4,6-8,10,14-15H,1-3,5H2. The molecule has 1 saturated heterocycles. The van der Waals surface area contributed by atoms with E-state index in [4.69, 9.17) is 0 Å². The molecule has 1 fully saturated rings. The molecule has 0 aromatic carbocycles. The Hall–Kier alpha value is -1.88. The molecule has 0 bridgehead atoms. The Balaban J connectivity index is 2.13. The number of hydrogen-bond acceptors (Lipinski definition) is 3. The molecule has 3 rings (SSSR count). The predicted molar refractivity (Wildman–Crippen MR) is 68.9 cm³/mol. The zero-order chi connectivity index (χ0) is 12.5. The van der Waals surface area contributed by atoms with Crippen LogP contribution in [0.25, 0.3) is 5.65 Å². The molecular formula is C13H15N3O2. The number of pyridine rings is 1. The van der Waals surface area contributed by atoms with E-state index in [9.17, 15) is 9.59 Å². The van der Waals surface area contributed by atoms with Gasteiger partial charge in [-0.15, -0.1) is 0 Å². The smallest absolute Gasteiger partial charge is 0.257 e. The Kier molecular flexibility index (Phi) is 2.76. The van der Waals surface area contributed by atoms with Gasteiger partial charge >= 0.3 is 0 Å². The molecule has 94 valence electrons. The van der Waals surface area contributed by atoms with Gasteiger partial charge in [-0.25, -0.2) is 0 Å². The molecule has 0 aliphatic carbocycles. The molecule has 2 aromatic heterocycles. The summed E-state index contributed by atoms with van der Waals surface area (Å²) in [6, 6.07) is 4.64. The van der Waals surface area contributed by atoms with Crippen molar-refractivity contribution in [3.05, 3.63) is 50.7 Å². The average Bonchev–Trinajstić information content (AvgIpc) is 2.39. The summed E-state index contributed by atoms with van der Waals surface area (Å²) < 4.78 is 1.45. The molecule has 2 N–H and O–H groups in total. The van der Waals surface area contributed by atoms with Crippen LogP contribution < -0.4 is 16.3 Å². The van der Waals surface area contributed by atoms with Crippen molar-refractivity contribution in [1.82, 2.24) is 14.7 Å². The van der Waals surface area contributed by atoms with E-state index in [0.29, 0.717) is 5.65 Å². The van der Waals surface area contributed by atoms with Gasteiger partial charge in [-0.05, 0) is 19.4 Å². The summed E-state index contributed by atoms with van der Waals surface area (Å²) in [4.78, 5) is 26.5. The normalized spacial score (nSPS) is 20.1. The van der Waals surface area contributed by atoms with Crippen molar-refractivity contribution in [3.8, 4) is 0 Å². The third kappa shape index (κ3) is 1.97. The highest BCUT2D eigenvalue weighted by Crippen LogP contribution is 2.20. The zero-order valence-corrected chi connectivity index (χ0v) is 9.98. The van der Waals surface area contributed by atoms with Crippen LogP contribution in [0.4, 0.5) is 0 Å². The van der Waals surface area contributed by atoms with Gasteiger partial charge in [-0.2, -0.15) is 0 Å². The highest BCUT2D eigenvalue weighted by Gasteiger charge is 2.16. The molecule has 1 aliphatic rings. The number of aromatic nitrogens is 2. The highest BCUT2D eigenvalue weighted by atomic mass is 16.1. The van der Waals surface area contributed by atoms with E-state index in [1.807, 2.05) is 0 Å². The van der Waals surface area contributed by atoms with Crippen LogP contribution in [0.3, 0.4) is 0 Å². The number of nitrogens with one attached hydrogen (secondary N) is 2. The molecule has 0 radical (unpaired) electrons. The predicted octanol–water partition coefficient (Wildman–Crippen LogP) is 0.802. The van der Waals surface area contributed by atoms with E-state index in [-0.39, 0.29) is 17.0 Å². The molecule has 1 atom stereocenters. The van der Waals surface area contributed by atoms with Crippen molar-refractivity contribution in [3.63, 3.8) is 0 Å². The highest BCUT2D eigenvalue weighted by molar-refractivity contribution is 5.38. The molecule has 3 heterocycles. The van der Waals surface area contributed by atoms with Crippen molar-refractivity contribution >= 4 is 5.65 Å². The van der Waals surface area contributed by atoms with Crippen molar-refractivity contribution in [2.24, 2.45) is 0 Å². The summed E-state index contributed by atoms with van der Waals surface area (Å²) >= 11 is 0. The van der Waals surface area contributed by atoms with E-state index in [0.717, 1.165) is 25.1 Å². The van der Waals surface area contributed by atoms with Gasteiger partial charge in [0.15, 0.2) is 5.43 Å². The summed E-state index contributed by atoms with van der Waals surface area (Å²) in [6.07, 6.45) is 4.86. The topological polar surface area (TPSA) is 66.4 Å². The average molecular weight is 245 g/mol. The lowest BCUT2D eigenvalue weighted by Crippen LogP contribution is -2.29. The van der Waals surface area contributed by atoms with Gasteiger partial charge in [0.2, 0.25) is 0 Å². The van der Waals surface area contributed by atoms with Crippen LogP contribution in [0.1, 0.15) is 31.0 Å². The van der Waals surface area contributed by atoms with Crippen molar-refractivity contribution < 1.29 is 0 Å². The first-order chi connectivity index (χ1) is 8.74. The second-order valence-electron chi connectivity index (χ2n) is 4.68. The quantitative estimate of drug-likeness (QED) is 0.781. The molecule has 2 aromatic rings. The molecular weight excluding hydrogens is 230 g/mol. The van der Waals surface area contributed by atoms with E-state index < -0.39 is 0 Å². The van der Waals surface area contributed by atoms with Gasteiger partial charge in [0.1, 0.15) is 5.65 Å². The maximum atomic E-state index is 12.0. The van der Waals surface area contributed by atoms with Gasteiger partial charge < -0.3 is 10.3 Å². The third-order valence-corrected chi connectivity index (χ3v) is 3.40. The maximum Gasteiger partial charge on any atom is 0.257 e. The number of nitrogens with zero attached hydrogens (tertiary/aromatic N) is 1. The van der Waals surface area contributed by atoms with E-state index in [1.54, 1.807) is 6.07 Å². The number of aromatic amines is 1. The number of piperidine rings is 1. The van der Waals surface area contributed by atoms with Crippen molar-refractivity contribution in [1.29, 1.82) is 0 Å². The van der Waals surface area contributed by atoms with Gasteiger partial charge in [0.25, 0.3) is 5.56 Å². The van der Waals surface area contributed by atoms with Crippen LogP contribution >= 0.6 is 0 Å². The first-order valence-electron chi connectivity index (χ1n) is 6.23. The minimum Gasteiger partial charge on any atom is -0.343 e. The Morgan fingerprint density at radius 2 is 2.11 bits per heavy atom. The lowest BCUT2D eigenvalue weighted by molar-refractivity contribution is 0.405. The Bertz CT molecular complexity index is 680. The van der Waals surface area contributed by atoms with Crippen LogP contribution in [0, 0.1) is 0 Å². The van der Waals surface area contributed by atoms with Crippen LogP contribution in [-0.4, -0.2) is 15.9 Å². The fraction of sp³-hybridized carbons (Fsp3) is 0.385. The van der Waals surface area contributed by atoms with Crippen LogP contribution in [-0.2, 0) is 0 Å². The monoisotopic (exact) mass is 245 g/mol. The number of H-pyrrole nitrogens is 1. The minimum absolute atomic E-state index is 0.0978. The summed E-state index contributed by atoms with van der Waals surface area (Å²) in [6.45, 7) is 0.972. The number of hydrogen-bond donors (Lipinski definition) is 2.